The summed E-state index contributed by atoms with van der Waals surface area (Å²) >= 11 is 0. The van der Waals surface area contributed by atoms with Crippen molar-refractivity contribution in [2.75, 3.05) is 6.61 Å². The molecule has 1 aromatic heterocycles. The fourth-order valence-corrected chi connectivity index (χ4v) is 2.50. The first kappa shape index (κ1) is 18.1. The van der Waals surface area contributed by atoms with E-state index in [9.17, 15) is 14.9 Å². The fraction of sp³-hybridized carbons (Fsp3) is 0.167. The number of ether oxygens (including phenoxy) is 1. The Labute approximate surface area is 154 Å². The van der Waals surface area contributed by atoms with Crippen molar-refractivity contribution in [2.24, 2.45) is 0 Å². The molecule has 138 valence electrons. The molecule has 2 aromatic carbocycles. The molecular weight excluding hydrogens is 350 g/mol. The number of hydrogen-bond acceptors (Lipinski definition) is 6. The van der Waals surface area contributed by atoms with Crippen molar-refractivity contribution in [2.45, 2.75) is 13.0 Å². The molecule has 1 heterocycles. The highest BCUT2D eigenvalue weighted by Gasteiger charge is 2.16. The maximum absolute atomic E-state index is 12.1. The molecule has 0 aliphatic carbocycles. The first-order valence-corrected chi connectivity index (χ1v) is 8.15. The smallest absolute Gasteiger partial charge is 0.310 e. The number of rotatable bonds is 7. The van der Waals surface area contributed by atoms with Crippen LogP contribution in [0.1, 0.15) is 18.5 Å². The van der Waals surface area contributed by atoms with Gasteiger partial charge in [0.05, 0.1) is 16.7 Å². The molecule has 0 radical (unpaired) electrons. The van der Waals surface area contributed by atoms with E-state index in [0.717, 1.165) is 11.3 Å². The Hall–Kier alpha value is -3.75. The molecule has 27 heavy (non-hydrogen) atoms. The minimum atomic E-state index is -0.549. The lowest BCUT2D eigenvalue weighted by molar-refractivity contribution is -0.385. The number of nitrogens with one attached hydrogen (secondary N) is 1. The molecular formula is C18H17N5O4. The summed E-state index contributed by atoms with van der Waals surface area (Å²) < 4.78 is 6.93. The van der Waals surface area contributed by atoms with Crippen LogP contribution in [-0.4, -0.2) is 32.2 Å². The molecule has 9 heteroatoms. The Morgan fingerprint density at radius 2 is 2.00 bits per heavy atom. The summed E-state index contributed by atoms with van der Waals surface area (Å²) in [4.78, 5) is 26.4. The number of amides is 1. The molecule has 1 N–H and O–H groups in total. The van der Waals surface area contributed by atoms with Gasteiger partial charge in [0.25, 0.3) is 5.91 Å². The van der Waals surface area contributed by atoms with E-state index in [1.165, 1.54) is 24.5 Å². The average molecular weight is 367 g/mol. The van der Waals surface area contributed by atoms with E-state index in [1.54, 1.807) is 17.1 Å². The summed E-state index contributed by atoms with van der Waals surface area (Å²) in [5.74, 6) is -0.316. The number of nitro benzene ring substituents is 1. The molecule has 0 fully saturated rings. The van der Waals surface area contributed by atoms with Crippen molar-refractivity contribution < 1.29 is 14.5 Å². The summed E-state index contributed by atoms with van der Waals surface area (Å²) in [5.41, 5.74) is 1.58. The van der Waals surface area contributed by atoms with Gasteiger partial charge < -0.3 is 10.1 Å². The number of nitro groups is 1. The van der Waals surface area contributed by atoms with Crippen LogP contribution in [0.5, 0.6) is 5.75 Å². The molecule has 1 atom stereocenters. The molecule has 3 aromatic rings. The number of benzene rings is 2. The van der Waals surface area contributed by atoms with Crippen molar-refractivity contribution in [3.05, 3.63) is 76.9 Å². The van der Waals surface area contributed by atoms with Gasteiger partial charge in [0.15, 0.2) is 12.4 Å². The molecule has 3 rings (SSSR count). The van der Waals surface area contributed by atoms with Crippen LogP contribution in [0.15, 0.2) is 61.2 Å². The van der Waals surface area contributed by atoms with Gasteiger partial charge in [-0.05, 0) is 30.7 Å². The average Bonchev–Trinajstić information content (AvgIpc) is 3.21. The van der Waals surface area contributed by atoms with E-state index in [4.69, 9.17) is 4.74 Å². The molecule has 0 aliphatic heterocycles. The van der Waals surface area contributed by atoms with Crippen LogP contribution in [0.2, 0.25) is 0 Å². The topological polar surface area (TPSA) is 112 Å². The third-order valence-corrected chi connectivity index (χ3v) is 3.87. The van der Waals surface area contributed by atoms with Crippen LogP contribution in [0.4, 0.5) is 5.69 Å². The van der Waals surface area contributed by atoms with Crippen molar-refractivity contribution in [1.29, 1.82) is 0 Å². The molecule has 0 bridgehead atoms. The maximum Gasteiger partial charge on any atom is 0.310 e. The Balaban J connectivity index is 1.57. The van der Waals surface area contributed by atoms with E-state index in [-0.39, 0.29) is 30.0 Å². The van der Waals surface area contributed by atoms with Crippen LogP contribution >= 0.6 is 0 Å². The zero-order chi connectivity index (χ0) is 19.2. The summed E-state index contributed by atoms with van der Waals surface area (Å²) in [7, 11) is 0. The predicted molar refractivity (Wildman–Crippen MR) is 96.5 cm³/mol. The lowest BCUT2D eigenvalue weighted by Crippen LogP contribution is -2.31. The molecule has 0 aliphatic rings. The van der Waals surface area contributed by atoms with Gasteiger partial charge in [0.2, 0.25) is 0 Å². The third-order valence-electron chi connectivity index (χ3n) is 3.87. The van der Waals surface area contributed by atoms with E-state index < -0.39 is 4.92 Å². The van der Waals surface area contributed by atoms with Gasteiger partial charge in [-0.3, -0.25) is 14.9 Å². The highest BCUT2D eigenvalue weighted by Crippen LogP contribution is 2.25. The number of nitrogens with zero attached hydrogens (tertiary/aromatic N) is 4. The van der Waals surface area contributed by atoms with Gasteiger partial charge in [-0.2, -0.15) is 5.10 Å². The minimum absolute atomic E-state index is 0.0579. The number of para-hydroxylation sites is 2. The molecule has 1 amide bonds. The van der Waals surface area contributed by atoms with E-state index in [0.29, 0.717) is 0 Å². The summed E-state index contributed by atoms with van der Waals surface area (Å²) in [6, 6.07) is 13.2. The monoisotopic (exact) mass is 367 g/mol. The number of carbonyl (C=O) groups excluding carboxylic acids is 1. The van der Waals surface area contributed by atoms with E-state index in [2.05, 4.69) is 15.4 Å². The Bertz CT molecular complexity index is 925. The molecule has 0 spiro atoms. The predicted octanol–water partition coefficient (Wildman–Crippen LogP) is 2.43. The van der Waals surface area contributed by atoms with Gasteiger partial charge >= 0.3 is 5.69 Å². The molecule has 0 saturated carbocycles. The second-order valence-electron chi connectivity index (χ2n) is 5.73. The quantitative estimate of drug-likeness (QED) is 0.507. The number of carbonyl (C=O) groups is 1. The minimum Gasteiger partial charge on any atom is -0.477 e. The maximum atomic E-state index is 12.1. The molecule has 9 nitrogen and oxygen atoms in total. The van der Waals surface area contributed by atoms with Gasteiger partial charge in [-0.15, -0.1) is 0 Å². The van der Waals surface area contributed by atoms with Crippen molar-refractivity contribution in [3.8, 4) is 11.4 Å². The Kier molecular flexibility index (Phi) is 5.41. The molecule has 0 unspecified atom stereocenters. The number of hydrogen-bond donors (Lipinski definition) is 1. The summed E-state index contributed by atoms with van der Waals surface area (Å²) in [6.45, 7) is 1.53. The van der Waals surface area contributed by atoms with Crippen LogP contribution in [-0.2, 0) is 4.79 Å². The van der Waals surface area contributed by atoms with E-state index >= 15 is 0 Å². The largest absolute Gasteiger partial charge is 0.477 e. The first-order valence-electron chi connectivity index (χ1n) is 8.15. The van der Waals surface area contributed by atoms with Gasteiger partial charge in [-0.25, -0.2) is 9.67 Å². The van der Waals surface area contributed by atoms with Crippen LogP contribution < -0.4 is 10.1 Å². The highest BCUT2D eigenvalue weighted by molar-refractivity contribution is 5.78. The Morgan fingerprint density at radius 3 is 2.67 bits per heavy atom. The van der Waals surface area contributed by atoms with Gasteiger partial charge in [0, 0.05) is 6.07 Å². The zero-order valence-corrected chi connectivity index (χ0v) is 14.5. The summed E-state index contributed by atoms with van der Waals surface area (Å²) in [5, 5.41) is 17.8. The zero-order valence-electron chi connectivity index (χ0n) is 14.5. The fourth-order valence-electron chi connectivity index (χ4n) is 2.50. The van der Waals surface area contributed by atoms with Gasteiger partial charge in [0.1, 0.15) is 12.7 Å². The van der Waals surface area contributed by atoms with Crippen molar-refractivity contribution >= 4 is 11.6 Å². The third kappa shape index (κ3) is 4.46. The first-order chi connectivity index (χ1) is 13.0. The second-order valence-corrected chi connectivity index (χ2v) is 5.73. The van der Waals surface area contributed by atoms with Crippen LogP contribution in [0.3, 0.4) is 0 Å². The summed E-state index contributed by atoms with van der Waals surface area (Å²) in [6.07, 6.45) is 3.05. The Morgan fingerprint density at radius 1 is 1.26 bits per heavy atom. The van der Waals surface area contributed by atoms with E-state index in [1.807, 2.05) is 31.2 Å². The van der Waals surface area contributed by atoms with Crippen molar-refractivity contribution in [1.82, 2.24) is 20.1 Å². The molecule has 0 saturated heterocycles. The second kappa shape index (κ2) is 8.09. The van der Waals surface area contributed by atoms with Crippen molar-refractivity contribution in [3.63, 3.8) is 0 Å². The van der Waals surface area contributed by atoms with Gasteiger partial charge in [-0.1, -0.05) is 24.3 Å². The highest BCUT2D eigenvalue weighted by atomic mass is 16.6. The normalized spacial score (nSPS) is 11.6. The lowest BCUT2D eigenvalue weighted by atomic mass is 10.1. The van der Waals surface area contributed by atoms with Crippen LogP contribution in [0.25, 0.3) is 5.69 Å². The SMILES string of the molecule is C[C@@H](NC(=O)COc1ccccc1[N+](=O)[O-])c1ccc(-n2cncn2)cc1. The number of aromatic nitrogens is 3. The standard InChI is InChI=1S/C18H17N5O4/c1-13(14-6-8-15(9-7-14)22-12-19-11-20-22)21-18(24)10-27-17-5-3-2-4-16(17)23(25)26/h2-9,11-13H,10H2,1H3,(H,21,24)/t13-/m1/s1. The lowest BCUT2D eigenvalue weighted by Gasteiger charge is -2.15. The van der Waals surface area contributed by atoms with Crippen LogP contribution in [0, 0.1) is 10.1 Å².